The summed E-state index contributed by atoms with van der Waals surface area (Å²) >= 11 is 0. The molecule has 0 saturated carbocycles. The lowest BCUT2D eigenvalue weighted by molar-refractivity contribution is 0.132. The Morgan fingerprint density at radius 3 is 2.41 bits per heavy atom. The maximum absolute atomic E-state index is 10.6. The fourth-order valence-electron chi connectivity index (χ4n) is 2.89. The van der Waals surface area contributed by atoms with Gasteiger partial charge < -0.3 is 15.0 Å². The third kappa shape index (κ3) is 3.17. The average molecular weight is 317 g/mol. The summed E-state index contributed by atoms with van der Waals surface area (Å²) in [5.74, 6) is 0. The van der Waals surface area contributed by atoms with E-state index in [0.29, 0.717) is 6.54 Å². The molecule has 4 heteroatoms. The molecule has 1 aromatic heterocycles. The fourth-order valence-corrected chi connectivity index (χ4v) is 2.89. The van der Waals surface area contributed by atoms with Gasteiger partial charge in [0.25, 0.3) is 0 Å². The first kappa shape index (κ1) is 16.6. The monoisotopic (exact) mass is 316 g/mol. The van der Waals surface area contributed by atoms with Gasteiger partial charge in [-0.15, -0.1) is 12.4 Å². The predicted molar refractivity (Wildman–Crippen MR) is 93.7 cm³/mol. The van der Waals surface area contributed by atoms with Gasteiger partial charge in [0.1, 0.15) is 0 Å². The Labute approximate surface area is 137 Å². The van der Waals surface area contributed by atoms with Crippen LogP contribution in [0.1, 0.15) is 11.6 Å². The van der Waals surface area contributed by atoms with Crippen LogP contribution in [0.15, 0.2) is 66.9 Å². The number of rotatable bonds is 5. The number of aliphatic hydroxyl groups excluding tert-OH is 1. The lowest BCUT2D eigenvalue weighted by Crippen LogP contribution is -2.33. The highest BCUT2D eigenvalue weighted by molar-refractivity contribution is 5.85. The SMILES string of the molecule is CNC[C@@H](O)[C@@H](c1ccccc1)n1ccc2ccccc21.Cl. The molecule has 0 bridgehead atoms. The number of fused-ring (bicyclic) bond motifs is 1. The first-order valence-electron chi connectivity index (χ1n) is 7.24. The minimum absolute atomic E-state index is 0. The van der Waals surface area contributed by atoms with Crippen LogP contribution in [0.25, 0.3) is 10.9 Å². The molecule has 2 atom stereocenters. The number of nitrogens with zero attached hydrogens (tertiary/aromatic N) is 1. The second-order valence-electron chi connectivity index (χ2n) is 5.26. The van der Waals surface area contributed by atoms with Crippen molar-refractivity contribution in [3.8, 4) is 0 Å². The molecule has 2 N–H and O–H groups in total. The van der Waals surface area contributed by atoms with Crippen molar-refractivity contribution in [1.29, 1.82) is 0 Å². The first-order chi connectivity index (χ1) is 10.3. The van der Waals surface area contributed by atoms with Gasteiger partial charge in [-0.3, -0.25) is 0 Å². The molecule has 0 aliphatic carbocycles. The molecule has 116 valence electrons. The van der Waals surface area contributed by atoms with Gasteiger partial charge in [-0.2, -0.15) is 0 Å². The maximum atomic E-state index is 10.6. The number of hydrogen-bond donors (Lipinski definition) is 2. The average Bonchev–Trinajstić information content (AvgIpc) is 2.93. The van der Waals surface area contributed by atoms with E-state index in [1.165, 1.54) is 5.39 Å². The lowest BCUT2D eigenvalue weighted by atomic mass is 10.0. The zero-order valence-corrected chi connectivity index (χ0v) is 13.3. The van der Waals surface area contributed by atoms with E-state index in [0.717, 1.165) is 11.1 Å². The van der Waals surface area contributed by atoms with Gasteiger partial charge in [0.15, 0.2) is 0 Å². The van der Waals surface area contributed by atoms with E-state index < -0.39 is 6.10 Å². The van der Waals surface area contributed by atoms with Crippen molar-refractivity contribution in [2.45, 2.75) is 12.1 Å². The Hall–Kier alpha value is -1.81. The molecule has 0 amide bonds. The number of likely N-dealkylation sites (N-methyl/N-ethyl adjacent to an activating group) is 1. The maximum Gasteiger partial charge on any atom is 0.0912 e. The standard InChI is InChI=1S/C18H20N2O.ClH/c1-19-13-17(21)18(15-8-3-2-4-9-15)20-12-11-14-7-5-6-10-16(14)20;/h2-12,17-19,21H,13H2,1H3;1H/t17-,18-;/m1./s1. The van der Waals surface area contributed by atoms with E-state index in [1.807, 2.05) is 37.4 Å². The first-order valence-corrected chi connectivity index (χ1v) is 7.24. The number of aliphatic hydroxyl groups is 1. The molecule has 2 aromatic carbocycles. The normalized spacial score (nSPS) is 13.5. The summed E-state index contributed by atoms with van der Waals surface area (Å²) in [6.45, 7) is 0.548. The summed E-state index contributed by atoms with van der Waals surface area (Å²) in [7, 11) is 1.86. The minimum Gasteiger partial charge on any atom is -0.389 e. The van der Waals surface area contributed by atoms with E-state index in [-0.39, 0.29) is 18.4 Å². The molecule has 0 unspecified atom stereocenters. The lowest BCUT2D eigenvalue weighted by Gasteiger charge is -2.26. The van der Waals surface area contributed by atoms with Gasteiger partial charge in [0.2, 0.25) is 0 Å². The zero-order valence-electron chi connectivity index (χ0n) is 12.5. The number of para-hydroxylation sites is 1. The van der Waals surface area contributed by atoms with Gasteiger partial charge in [0.05, 0.1) is 12.1 Å². The van der Waals surface area contributed by atoms with Gasteiger partial charge in [-0.25, -0.2) is 0 Å². The molecule has 3 rings (SSSR count). The summed E-state index contributed by atoms with van der Waals surface area (Å²) in [6, 6.07) is 20.4. The van der Waals surface area contributed by atoms with E-state index >= 15 is 0 Å². The van der Waals surface area contributed by atoms with E-state index in [1.54, 1.807) is 0 Å². The second-order valence-corrected chi connectivity index (χ2v) is 5.26. The Balaban J connectivity index is 0.00000176. The van der Waals surface area contributed by atoms with Crippen LogP contribution in [0.3, 0.4) is 0 Å². The Morgan fingerprint density at radius 2 is 1.68 bits per heavy atom. The topological polar surface area (TPSA) is 37.2 Å². The minimum atomic E-state index is -0.492. The van der Waals surface area contributed by atoms with Crippen molar-refractivity contribution >= 4 is 23.3 Å². The van der Waals surface area contributed by atoms with Gasteiger partial charge in [-0.1, -0.05) is 48.5 Å². The Kier molecular flexibility index (Phi) is 5.61. The van der Waals surface area contributed by atoms with Crippen molar-refractivity contribution in [2.24, 2.45) is 0 Å². The summed E-state index contributed by atoms with van der Waals surface area (Å²) in [5, 5.41) is 14.9. The second kappa shape index (κ2) is 7.45. The molecule has 3 nitrogen and oxygen atoms in total. The van der Waals surface area contributed by atoms with Crippen molar-refractivity contribution < 1.29 is 5.11 Å². The molecule has 0 fully saturated rings. The summed E-state index contributed by atoms with van der Waals surface area (Å²) in [6.07, 6.45) is 1.56. The number of halogens is 1. The zero-order chi connectivity index (χ0) is 14.7. The number of aromatic nitrogens is 1. The molecular formula is C18H21ClN2O. The van der Waals surface area contributed by atoms with E-state index in [9.17, 15) is 5.11 Å². The Bertz CT molecular complexity index is 711. The number of hydrogen-bond acceptors (Lipinski definition) is 2. The largest absolute Gasteiger partial charge is 0.389 e. The highest BCUT2D eigenvalue weighted by Gasteiger charge is 2.23. The molecule has 0 aliphatic heterocycles. The number of benzene rings is 2. The van der Waals surface area contributed by atoms with Crippen LogP contribution < -0.4 is 5.32 Å². The quantitative estimate of drug-likeness (QED) is 0.758. The van der Waals surface area contributed by atoms with Gasteiger partial charge in [0, 0.05) is 18.3 Å². The summed E-state index contributed by atoms with van der Waals surface area (Å²) < 4.78 is 2.16. The Morgan fingerprint density at radius 1 is 1.00 bits per heavy atom. The third-order valence-electron chi connectivity index (χ3n) is 3.85. The highest BCUT2D eigenvalue weighted by Crippen LogP contribution is 2.27. The van der Waals surface area contributed by atoms with Gasteiger partial charge in [-0.05, 0) is 30.1 Å². The van der Waals surface area contributed by atoms with Crippen LogP contribution >= 0.6 is 12.4 Å². The van der Waals surface area contributed by atoms with Crippen LogP contribution in [0.4, 0.5) is 0 Å². The molecule has 1 heterocycles. The molecular weight excluding hydrogens is 296 g/mol. The van der Waals surface area contributed by atoms with Crippen molar-refractivity contribution in [2.75, 3.05) is 13.6 Å². The fraction of sp³-hybridized carbons (Fsp3) is 0.222. The smallest absolute Gasteiger partial charge is 0.0912 e. The van der Waals surface area contributed by atoms with Crippen LogP contribution in [0, 0.1) is 0 Å². The van der Waals surface area contributed by atoms with Crippen LogP contribution in [0.5, 0.6) is 0 Å². The molecule has 0 spiro atoms. The van der Waals surface area contributed by atoms with Crippen LogP contribution in [-0.4, -0.2) is 29.4 Å². The van der Waals surface area contributed by atoms with Crippen LogP contribution in [-0.2, 0) is 0 Å². The van der Waals surface area contributed by atoms with E-state index in [2.05, 4.69) is 46.4 Å². The van der Waals surface area contributed by atoms with Crippen LogP contribution in [0.2, 0.25) is 0 Å². The molecule has 0 radical (unpaired) electrons. The van der Waals surface area contributed by atoms with Crippen molar-refractivity contribution in [3.05, 3.63) is 72.4 Å². The van der Waals surface area contributed by atoms with E-state index in [4.69, 9.17) is 0 Å². The molecule has 0 saturated heterocycles. The molecule has 3 aromatic rings. The summed E-state index contributed by atoms with van der Waals surface area (Å²) in [5.41, 5.74) is 2.25. The predicted octanol–water partition coefficient (Wildman–Crippen LogP) is 3.23. The number of nitrogens with one attached hydrogen (secondary N) is 1. The highest BCUT2D eigenvalue weighted by atomic mass is 35.5. The van der Waals surface area contributed by atoms with Crippen molar-refractivity contribution in [1.82, 2.24) is 9.88 Å². The summed E-state index contributed by atoms with van der Waals surface area (Å²) in [4.78, 5) is 0. The van der Waals surface area contributed by atoms with Crippen molar-refractivity contribution in [3.63, 3.8) is 0 Å². The molecule has 22 heavy (non-hydrogen) atoms. The van der Waals surface area contributed by atoms with Gasteiger partial charge >= 0.3 is 0 Å². The third-order valence-corrected chi connectivity index (χ3v) is 3.85. The molecule has 0 aliphatic rings.